The van der Waals surface area contributed by atoms with E-state index in [1.165, 1.54) is 5.56 Å². The first-order valence-electron chi connectivity index (χ1n) is 10.4. The number of nitrogens with zero attached hydrogens (tertiary/aromatic N) is 3. The summed E-state index contributed by atoms with van der Waals surface area (Å²) in [6, 6.07) is 17.5. The van der Waals surface area contributed by atoms with Crippen molar-refractivity contribution in [2.75, 3.05) is 43.4 Å². The second-order valence-electron chi connectivity index (χ2n) is 8.05. The molecule has 2 N–H and O–H groups in total. The summed E-state index contributed by atoms with van der Waals surface area (Å²) in [5, 5.41) is 11.8. The zero-order valence-corrected chi connectivity index (χ0v) is 17.8. The minimum atomic E-state index is -0.107. The van der Waals surface area contributed by atoms with Gasteiger partial charge in [0.25, 0.3) is 5.91 Å². The van der Waals surface area contributed by atoms with Gasteiger partial charge in [-0.25, -0.2) is 0 Å². The lowest BCUT2D eigenvalue weighted by molar-refractivity contribution is -0.880. The molecule has 1 aliphatic rings. The molecule has 3 aromatic rings. The van der Waals surface area contributed by atoms with E-state index >= 15 is 0 Å². The molecule has 0 atom stereocenters. The summed E-state index contributed by atoms with van der Waals surface area (Å²) in [4.78, 5) is 16.3. The van der Waals surface area contributed by atoms with Gasteiger partial charge in [0.1, 0.15) is 0 Å². The molecule has 1 saturated heterocycles. The lowest BCUT2D eigenvalue weighted by Crippen LogP contribution is -3.12. The van der Waals surface area contributed by atoms with Gasteiger partial charge in [0.05, 0.1) is 38.9 Å². The Morgan fingerprint density at radius 2 is 1.67 bits per heavy atom. The molecule has 2 aromatic carbocycles. The van der Waals surface area contributed by atoms with E-state index in [1.807, 2.05) is 68.4 Å². The van der Waals surface area contributed by atoms with Gasteiger partial charge in [-0.15, -0.1) is 10.2 Å². The summed E-state index contributed by atoms with van der Waals surface area (Å²) >= 11 is 0. The molecule has 1 aliphatic heterocycles. The summed E-state index contributed by atoms with van der Waals surface area (Å²) in [7, 11) is 2.22. The second kappa shape index (κ2) is 8.63. The lowest BCUT2D eigenvalue weighted by atomic mass is 10.1. The number of hydrogen-bond acceptors (Lipinski definition) is 4. The fraction of sp³-hybridized carbons (Fsp3) is 0.292. The average molecular weight is 403 g/mol. The van der Waals surface area contributed by atoms with E-state index in [0.717, 1.165) is 54.5 Å². The van der Waals surface area contributed by atoms with Crippen LogP contribution in [-0.2, 0) is 0 Å². The number of aryl methyl sites for hydroxylation is 2. The molecule has 4 rings (SSSR count). The number of likely N-dealkylation sites (N-methyl/N-ethyl adjacent to an activating group) is 1. The van der Waals surface area contributed by atoms with Crippen molar-refractivity contribution in [1.82, 2.24) is 10.2 Å². The Kier molecular flexibility index (Phi) is 5.77. The number of quaternary nitrogens is 1. The van der Waals surface area contributed by atoms with Crippen molar-refractivity contribution in [3.8, 4) is 11.3 Å². The number of aromatic nitrogens is 2. The quantitative estimate of drug-likeness (QED) is 0.703. The summed E-state index contributed by atoms with van der Waals surface area (Å²) in [6.07, 6.45) is 0. The Morgan fingerprint density at radius 3 is 2.30 bits per heavy atom. The first-order valence-corrected chi connectivity index (χ1v) is 10.4. The fourth-order valence-electron chi connectivity index (χ4n) is 3.58. The van der Waals surface area contributed by atoms with Crippen LogP contribution in [0.15, 0.2) is 54.6 Å². The molecule has 30 heavy (non-hydrogen) atoms. The van der Waals surface area contributed by atoms with E-state index in [2.05, 4.69) is 27.5 Å². The Balaban J connectivity index is 1.41. The molecule has 0 bridgehead atoms. The van der Waals surface area contributed by atoms with Gasteiger partial charge >= 0.3 is 0 Å². The normalized spacial score (nSPS) is 14.6. The highest BCUT2D eigenvalue weighted by Crippen LogP contribution is 2.21. The average Bonchev–Trinajstić information content (AvgIpc) is 2.77. The minimum absolute atomic E-state index is 0.107. The first-order chi connectivity index (χ1) is 14.5. The highest BCUT2D eigenvalue weighted by molar-refractivity contribution is 6.04. The van der Waals surface area contributed by atoms with Crippen LogP contribution in [0.3, 0.4) is 0 Å². The van der Waals surface area contributed by atoms with E-state index in [4.69, 9.17) is 0 Å². The third kappa shape index (κ3) is 4.49. The third-order valence-corrected chi connectivity index (χ3v) is 5.80. The van der Waals surface area contributed by atoms with Crippen LogP contribution in [-0.4, -0.2) is 49.3 Å². The number of carbonyl (C=O) groups excluding carboxylic acids is 1. The van der Waals surface area contributed by atoms with Gasteiger partial charge in [-0.05, 0) is 61.4 Å². The number of nitrogens with one attached hydrogen (secondary N) is 2. The second-order valence-corrected chi connectivity index (χ2v) is 8.05. The molecule has 0 aliphatic carbocycles. The third-order valence-electron chi connectivity index (χ3n) is 5.80. The van der Waals surface area contributed by atoms with Crippen LogP contribution in [0.5, 0.6) is 0 Å². The largest absolute Gasteiger partial charge is 0.344 e. The molecule has 1 aromatic heterocycles. The predicted molar refractivity (Wildman–Crippen MR) is 120 cm³/mol. The SMILES string of the molecule is Cc1ccc(C(=O)Nc2ccc(-c3ccc(N4CC[NH+](C)CC4)nn3)cc2)cc1C. The van der Waals surface area contributed by atoms with E-state index in [9.17, 15) is 4.79 Å². The molecule has 6 heteroatoms. The number of carbonyl (C=O) groups is 1. The van der Waals surface area contributed by atoms with Crippen molar-refractivity contribution in [3.05, 3.63) is 71.3 Å². The molecule has 1 fully saturated rings. The van der Waals surface area contributed by atoms with Crippen molar-refractivity contribution in [2.45, 2.75) is 13.8 Å². The lowest BCUT2D eigenvalue weighted by Gasteiger charge is -2.30. The maximum absolute atomic E-state index is 12.5. The number of rotatable bonds is 4. The van der Waals surface area contributed by atoms with E-state index < -0.39 is 0 Å². The number of anilines is 2. The van der Waals surface area contributed by atoms with Crippen molar-refractivity contribution < 1.29 is 9.69 Å². The molecule has 6 nitrogen and oxygen atoms in total. The minimum Gasteiger partial charge on any atom is -0.344 e. The van der Waals surface area contributed by atoms with Crippen LogP contribution in [0.4, 0.5) is 11.5 Å². The summed E-state index contributed by atoms with van der Waals surface area (Å²) in [5.74, 6) is 0.826. The molecule has 0 radical (unpaired) electrons. The van der Waals surface area contributed by atoms with Crippen molar-refractivity contribution >= 4 is 17.4 Å². The zero-order valence-electron chi connectivity index (χ0n) is 17.8. The van der Waals surface area contributed by atoms with Gasteiger partial charge in [-0.2, -0.15) is 0 Å². The molecule has 0 saturated carbocycles. The Hall–Kier alpha value is -3.25. The Bertz CT molecular complexity index is 1020. The van der Waals surface area contributed by atoms with Crippen LogP contribution in [0, 0.1) is 13.8 Å². The van der Waals surface area contributed by atoms with Crippen LogP contribution in [0.1, 0.15) is 21.5 Å². The first kappa shape index (κ1) is 20.0. The van der Waals surface area contributed by atoms with Crippen LogP contribution >= 0.6 is 0 Å². The predicted octanol–water partition coefficient (Wildman–Crippen LogP) is 2.35. The maximum atomic E-state index is 12.5. The molecule has 154 valence electrons. The Morgan fingerprint density at radius 1 is 0.933 bits per heavy atom. The fourth-order valence-corrected chi connectivity index (χ4v) is 3.58. The van der Waals surface area contributed by atoms with E-state index in [0.29, 0.717) is 5.56 Å². The summed E-state index contributed by atoms with van der Waals surface area (Å²) in [6.45, 7) is 8.32. The highest BCUT2D eigenvalue weighted by atomic mass is 16.1. The maximum Gasteiger partial charge on any atom is 0.255 e. The van der Waals surface area contributed by atoms with Crippen molar-refractivity contribution in [3.63, 3.8) is 0 Å². The molecule has 2 heterocycles. The molecule has 0 unspecified atom stereocenters. The molecular formula is C24H28N5O+. The zero-order chi connectivity index (χ0) is 21.1. The number of amides is 1. The van der Waals surface area contributed by atoms with Crippen LogP contribution in [0.25, 0.3) is 11.3 Å². The van der Waals surface area contributed by atoms with Gasteiger partial charge in [0.15, 0.2) is 5.82 Å². The van der Waals surface area contributed by atoms with Crippen LogP contribution < -0.4 is 15.1 Å². The van der Waals surface area contributed by atoms with Crippen molar-refractivity contribution in [1.29, 1.82) is 0 Å². The molecular weight excluding hydrogens is 374 g/mol. The van der Waals surface area contributed by atoms with E-state index in [1.54, 1.807) is 4.90 Å². The number of piperazine rings is 1. The smallest absolute Gasteiger partial charge is 0.255 e. The summed E-state index contributed by atoms with van der Waals surface area (Å²) in [5.41, 5.74) is 5.50. The van der Waals surface area contributed by atoms with Gasteiger partial charge in [0, 0.05) is 16.8 Å². The molecule has 1 amide bonds. The highest BCUT2D eigenvalue weighted by Gasteiger charge is 2.18. The summed E-state index contributed by atoms with van der Waals surface area (Å²) < 4.78 is 0. The van der Waals surface area contributed by atoms with Gasteiger partial charge in [-0.3, -0.25) is 4.79 Å². The van der Waals surface area contributed by atoms with Gasteiger partial charge in [0.2, 0.25) is 0 Å². The van der Waals surface area contributed by atoms with E-state index in [-0.39, 0.29) is 5.91 Å². The van der Waals surface area contributed by atoms with Gasteiger partial charge in [-0.1, -0.05) is 18.2 Å². The van der Waals surface area contributed by atoms with Crippen LogP contribution in [0.2, 0.25) is 0 Å². The molecule has 0 spiro atoms. The van der Waals surface area contributed by atoms with Crippen molar-refractivity contribution in [2.24, 2.45) is 0 Å². The Labute approximate surface area is 177 Å². The number of hydrogen-bond donors (Lipinski definition) is 2. The standard InChI is InChI=1S/C24H27N5O/c1-17-4-5-20(16-18(17)2)24(30)25-21-8-6-19(7-9-21)22-10-11-23(27-26-22)29-14-12-28(3)13-15-29/h4-11,16H,12-15H2,1-3H3,(H,25,30)/p+1. The number of benzene rings is 2. The monoisotopic (exact) mass is 402 g/mol. The van der Waals surface area contributed by atoms with Gasteiger partial charge < -0.3 is 15.1 Å². The topological polar surface area (TPSA) is 62.6 Å².